The third kappa shape index (κ3) is 29.3. The van der Waals surface area contributed by atoms with Crippen molar-refractivity contribution in [2.45, 2.75) is 211 Å². The maximum Gasteiger partial charge on any atom is 0.334 e. The number of aliphatic carboxylic acids is 4. The third-order valence-corrected chi connectivity index (χ3v) is 12.3. The number of carboxylic acid groups (broad SMARTS) is 4. The molecule has 0 spiro atoms. The van der Waals surface area contributed by atoms with E-state index in [1.807, 2.05) is 0 Å². The third-order valence-electron chi connectivity index (χ3n) is 12.3. The van der Waals surface area contributed by atoms with Crippen molar-refractivity contribution in [1.82, 2.24) is 0 Å². The summed E-state index contributed by atoms with van der Waals surface area (Å²) in [5, 5.41) is 104. The fourth-order valence-corrected chi connectivity index (χ4v) is 7.71. The monoisotopic (exact) mass is 909 g/mol. The maximum absolute atomic E-state index is 11.8. The molecule has 0 aliphatic rings. The molecule has 0 aliphatic heterocycles. The summed E-state index contributed by atoms with van der Waals surface area (Å²) in [4.78, 5) is 44.0. The zero-order valence-corrected chi connectivity index (χ0v) is 38.6. The minimum absolute atomic E-state index is 0.0209. The Morgan fingerprint density at radius 3 is 0.984 bits per heavy atom. The van der Waals surface area contributed by atoms with Crippen molar-refractivity contribution in [1.29, 1.82) is 0 Å². The van der Waals surface area contributed by atoms with Gasteiger partial charge >= 0.3 is 23.9 Å². The molecule has 0 aromatic heterocycles. The molecule has 0 saturated heterocycles. The SMILES string of the molecule is CC(=COC(CCCCCCCCCCC(=O)O)(CCCCCCCCCCC(=O)O)C(CO)(CO)C(O)CCCCCCCCCCC(=O)O)C(=O)O.OCC(CO)(CO)CO. The van der Waals surface area contributed by atoms with Crippen molar-refractivity contribution in [3.63, 3.8) is 0 Å². The zero-order valence-electron chi connectivity index (χ0n) is 38.6. The lowest BCUT2D eigenvalue weighted by Crippen LogP contribution is -2.60. The van der Waals surface area contributed by atoms with Crippen LogP contribution in [0.4, 0.5) is 0 Å². The molecule has 63 heavy (non-hydrogen) atoms. The van der Waals surface area contributed by atoms with E-state index in [4.69, 9.17) is 40.5 Å². The average Bonchev–Trinajstić information content (AvgIpc) is 3.26. The van der Waals surface area contributed by atoms with E-state index in [0.29, 0.717) is 57.8 Å². The van der Waals surface area contributed by atoms with Gasteiger partial charge in [-0.05, 0) is 58.3 Å². The summed E-state index contributed by atoms with van der Waals surface area (Å²) in [6, 6.07) is 0. The molecule has 0 radical (unpaired) electrons. The van der Waals surface area contributed by atoms with Gasteiger partial charge in [0.1, 0.15) is 5.60 Å². The Balaban J connectivity index is 0. The van der Waals surface area contributed by atoms with E-state index in [1.165, 1.54) is 13.2 Å². The number of aliphatic hydroxyl groups excluding tert-OH is 7. The Labute approximate surface area is 376 Å². The molecule has 372 valence electrons. The Morgan fingerprint density at radius 1 is 0.444 bits per heavy atom. The molecule has 0 saturated carbocycles. The average molecular weight is 909 g/mol. The quantitative estimate of drug-likeness (QED) is 0.0167. The smallest absolute Gasteiger partial charge is 0.334 e. The Bertz CT molecular complexity index is 1130. The summed E-state index contributed by atoms with van der Waals surface area (Å²) in [6.45, 7) is -1.26. The van der Waals surface area contributed by atoms with Crippen molar-refractivity contribution in [2.24, 2.45) is 10.8 Å². The first kappa shape index (κ1) is 62.2. The number of rotatable bonds is 44. The van der Waals surface area contributed by atoms with Crippen LogP contribution in [-0.2, 0) is 23.9 Å². The standard InChI is InChI=1S/C42H76O12.C5H12O4/c1-35(40(52)53)32-54-42(30-24-18-12-6-4-10-16-22-28-38(48)49,31-25-19-13-7-5-11-17-23-29-39(50)51)41(33-43,34-44)36(45)26-20-14-8-2-3-9-15-21-27-37(46)47;6-1-5(2-7,3-8)4-9/h32,36,43-45H,2-31,33-34H2,1H3,(H,46,47)(H,48,49)(H,50,51)(H,52,53);6-9H,1-4H2. The van der Waals surface area contributed by atoms with Crippen molar-refractivity contribution in [3.05, 3.63) is 11.8 Å². The van der Waals surface area contributed by atoms with Crippen LogP contribution in [0.3, 0.4) is 0 Å². The highest BCUT2D eigenvalue weighted by molar-refractivity contribution is 5.85. The van der Waals surface area contributed by atoms with Gasteiger partial charge in [0, 0.05) is 19.3 Å². The molecule has 0 amide bonds. The van der Waals surface area contributed by atoms with E-state index < -0.39 is 86.1 Å². The van der Waals surface area contributed by atoms with Crippen molar-refractivity contribution >= 4 is 23.9 Å². The topological polar surface area (TPSA) is 300 Å². The predicted molar refractivity (Wildman–Crippen MR) is 240 cm³/mol. The van der Waals surface area contributed by atoms with E-state index in [9.17, 15) is 39.6 Å². The van der Waals surface area contributed by atoms with Crippen LogP contribution in [0.15, 0.2) is 11.8 Å². The largest absolute Gasteiger partial charge is 0.493 e. The van der Waals surface area contributed by atoms with Gasteiger partial charge in [0.2, 0.25) is 0 Å². The van der Waals surface area contributed by atoms with Gasteiger partial charge in [0.15, 0.2) is 0 Å². The molecular formula is C47H88O16. The van der Waals surface area contributed by atoms with E-state index in [1.54, 1.807) is 0 Å². The molecule has 0 heterocycles. The molecule has 0 aromatic rings. The van der Waals surface area contributed by atoms with Crippen LogP contribution in [0.25, 0.3) is 0 Å². The minimum Gasteiger partial charge on any atom is -0.493 e. The highest BCUT2D eigenvalue weighted by Crippen LogP contribution is 2.47. The van der Waals surface area contributed by atoms with Gasteiger partial charge in [-0.2, -0.15) is 0 Å². The summed E-state index contributed by atoms with van der Waals surface area (Å²) < 4.78 is 6.45. The van der Waals surface area contributed by atoms with Crippen LogP contribution in [0.5, 0.6) is 0 Å². The van der Waals surface area contributed by atoms with Gasteiger partial charge in [-0.15, -0.1) is 0 Å². The van der Waals surface area contributed by atoms with E-state index in [2.05, 4.69) is 0 Å². The highest BCUT2D eigenvalue weighted by atomic mass is 16.5. The number of hydrogen-bond donors (Lipinski definition) is 11. The molecular weight excluding hydrogens is 821 g/mol. The van der Waals surface area contributed by atoms with E-state index in [-0.39, 0.29) is 24.8 Å². The molecule has 0 rings (SSSR count). The fraction of sp³-hybridized carbons (Fsp3) is 0.872. The fourth-order valence-electron chi connectivity index (χ4n) is 7.71. The number of carboxylic acids is 4. The van der Waals surface area contributed by atoms with E-state index >= 15 is 0 Å². The number of unbranched alkanes of at least 4 members (excludes halogenated alkanes) is 21. The van der Waals surface area contributed by atoms with Gasteiger partial charge in [-0.1, -0.05) is 122 Å². The molecule has 0 fully saturated rings. The number of aliphatic hydroxyl groups is 7. The van der Waals surface area contributed by atoms with E-state index in [0.717, 1.165) is 116 Å². The summed E-state index contributed by atoms with van der Waals surface area (Å²) in [6.07, 6.45) is 22.9. The first-order valence-electron chi connectivity index (χ1n) is 23.7. The lowest BCUT2D eigenvalue weighted by atomic mass is 9.63. The van der Waals surface area contributed by atoms with Crippen LogP contribution >= 0.6 is 0 Å². The van der Waals surface area contributed by atoms with Crippen LogP contribution < -0.4 is 0 Å². The first-order valence-corrected chi connectivity index (χ1v) is 23.7. The zero-order chi connectivity index (χ0) is 47.8. The summed E-state index contributed by atoms with van der Waals surface area (Å²) >= 11 is 0. The van der Waals surface area contributed by atoms with Gasteiger partial charge < -0.3 is 60.9 Å². The van der Waals surface area contributed by atoms with Crippen molar-refractivity contribution in [2.75, 3.05) is 39.6 Å². The lowest BCUT2D eigenvalue weighted by molar-refractivity contribution is -0.197. The lowest BCUT2D eigenvalue weighted by Gasteiger charge is -2.51. The minimum atomic E-state index is -1.44. The molecule has 1 atom stereocenters. The highest BCUT2D eigenvalue weighted by Gasteiger charge is 2.56. The molecule has 0 aromatic carbocycles. The summed E-state index contributed by atoms with van der Waals surface area (Å²) in [5.41, 5.74) is -3.80. The van der Waals surface area contributed by atoms with Crippen LogP contribution in [0.2, 0.25) is 0 Å². The number of hydrogen-bond acceptors (Lipinski definition) is 12. The molecule has 0 bridgehead atoms. The van der Waals surface area contributed by atoms with Crippen molar-refractivity contribution < 1.29 is 80.1 Å². The molecule has 1 unspecified atom stereocenters. The maximum atomic E-state index is 11.8. The summed E-state index contributed by atoms with van der Waals surface area (Å²) in [5.74, 6) is -3.46. The second-order valence-corrected chi connectivity index (χ2v) is 17.5. The predicted octanol–water partition coefficient (Wildman–Crippen LogP) is 6.96. The Kier molecular flexibility index (Phi) is 39.0. The number of carbonyl (C=O) groups is 4. The second-order valence-electron chi connectivity index (χ2n) is 17.5. The summed E-state index contributed by atoms with van der Waals surface area (Å²) in [7, 11) is 0. The molecule has 0 aliphatic carbocycles. The van der Waals surface area contributed by atoms with Gasteiger partial charge in [0.05, 0.1) is 68.4 Å². The van der Waals surface area contributed by atoms with Crippen LogP contribution in [0, 0.1) is 10.8 Å². The molecule has 16 nitrogen and oxygen atoms in total. The van der Waals surface area contributed by atoms with Crippen LogP contribution in [0.1, 0.15) is 200 Å². The Hall–Kier alpha value is -2.86. The first-order chi connectivity index (χ1) is 30.1. The normalized spacial score (nSPS) is 12.7. The van der Waals surface area contributed by atoms with Gasteiger partial charge in [-0.3, -0.25) is 14.4 Å². The second kappa shape index (κ2) is 39.5. The van der Waals surface area contributed by atoms with Crippen molar-refractivity contribution in [3.8, 4) is 0 Å². The Morgan fingerprint density at radius 2 is 0.730 bits per heavy atom. The molecule has 16 heteroatoms. The van der Waals surface area contributed by atoms with Crippen LogP contribution in [-0.4, -0.2) is 131 Å². The number of ether oxygens (including phenoxy) is 1. The van der Waals surface area contributed by atoms with Gasteiger partial charge in [-0.25, -0.2) is 4.79 Å². The van der Waals surface area contributed by atoms with Gasteiger partial charge in [0.25, 0.3) is 0 Å². The molecule has 11 N–H and O–H groups in total.